The molecule has 3 rings (SSSR count). The number of halogens is 3. The molecule has 1 aliphatic heterocycles. The smallest absolute Gasteiger partial charge is 0.272 e. The van der Waals surface area contributed by atoms with Crippen molar-refractivity contribution < 1.29 is 18.3 Å². The first-order valence-corrected chi connectivity index (χ1v) is 9.80. The SMILES string of the molecule is CCC(=O)NCc1ccc(Cl)c(-c2nc(N3C=CC(OCC(F)F)=NC3)cc(=O)[nH]2)c1. The molecule has 2 heterocycles. The minimum Gasteiger partial charge on any atom is -0.472 e. The fourth-order valence-corrected chi connectivity index (χ4v) is 2.91. The second kappa shape index (κ2) is 10.2. The Hall–Kier alpha value is -3.27. The minimum atomic E-state index is -2.60. The molecule has 1 aromatic heterocycles. The molecule has 2 aromatic rings. The van der Waals surface area contributed by atoms with Crippen molar-refractivity contribution in [2.45, 2.75) is 26.3 Å². The van der Waals surface area contributed by atoms with E-state index in [9.17, 15) is 18.4 Å². The van der Waals surface area contributed by atoms with Gasteiger partial charge in [0.2, 0.25) is 11.8 Å². The summed E-state index contributed by atoms with van der Waals surface area (Å²) in [6, 6.07) is 6.45. The third-order valence-corrected chi connectivity index (χ3v) is 4.58. The van der Waals surface area contributed by atoms with Crippen molar-refractivity contribution in [1.29, 1.82) is 0 Å². The Kier molecular flexibility index (Phi) is 7.35. The van der Waals surface area contributed by atoms with E-state index in [0.717, 1.165) is 5.56 Å². The van der Waals surface area contributed by atoms with Crippen LogP contribution in [0.5, 0.6) is 0 Å². The van der Waals surface area contributed by atoms with E-state index in [-0.39, 0.29) is 24.3 Å². The van der Waals surface area contributed by atoms with Crippen molar-refractivity contribution in [3.05, 3.63) is 57.5 Å². The number of aliphatic imine (C=N–C) groups is 1. The molecule has 1 aliphatic rings. The third kappa shape index (κ3) is 6.11. The van der Waals surface area contributed by atoms with Gasteiger partial charge in [-0.3, -0.25) is 9.59 Å². The fourth-order valence-electron chi connectivity index (χ4n) is 2.70. The zero-order valence-electron chi connectivity index (χ0n) is 16.6. The van der Waals surface area contributed by atoms with E-state index in [2.05, 4.69) is 20.3 Å². The average molecular weight is 452 g/mol. The number of aromatic amines is 1. The van der Waals surface area contributed by atoms with E-state index in [4.69, 9.17) is 16.3 Å². The molecule has 0 fully saturated rings. The highest BCUT2D eigenvalue weighted by Crippen LogP contribution is 2.27. The first-order chi connectivity index (χ1) is 14.9. The Morgan fingerprint density at radius 2 is 2.19 bits per heavy atom. The van der Waals surface area contributed by atoms with Gasteiger partial charge in [-0.05, 0) is 17.7 Å². The first kappa shape index (κ1) is 22.4. The Labute approximate surface area is 181 Å². The summed E-state index contributed by atoms with van der Waals surface area (Å²) in [6.45, 7) is 1.37. The molecule has 8 nitrogen and oxygen atoms in total. The number of aromatic nitrogens is 2. The van der Waals surface area contributed by atoms with Crippen molar-refractivity contribution in [3.8, 4) is 11.4 Å². The average Bonchev–Trinajstić information content (AvgIpc) is 2.76. The van der Waals surface area contributed by atoms with Crippen LogP contribution < -0.4 is 15.8 Å². The molecule has 1 amide bonds. The second-order valence-electron chi connectivity index (χ2n) is 6.52. The van der Waals surface area contributed by atoms with Crippen LogP contribution in [0.2, 0.25) is 5.02 Å². The van der Waals surface area contributed by atoms with Crippen LogP contribution >= 0.6 is 11.6 Å². The summed E-state index contributed by atoms with van der Waals surface area (Å²) in [5, 5.41) is 3.15. The molecular weight excluding hydrogens is 432 g/mol. The number of anilines is 1. The van der Waals surface area contributed by atoms with Gasteiger partial charge in [0.25, 0.3) is 12.0 Å². The zero-order chi connectivity index (χ0) is 22.4. The summed E-state index contributed by atoms with van der Waals surface area (Å²) in [4.78, 5) is 36.5. The molecule has 1 aromatic carbocycles. The number of benzene rings is 1. The maximum Gasteiger partial charge on any atom is 0.272 e. The van der Waals surface area contributed by atoms with E-state index in [1.165, 1.54) is 18.3 Å². The standard InChI is InChI=1S/C20H20ClF2N5O3/c1-2-17(29)24-9-12-3-4-14(21)13(7-12)20-26-16(8-18(30)27-20)28-6-5-19(25-11-28)31-10-15(22)23/h3-8,15H,2,9-11H2,1H3,(H,24,29)(H,26,27,30). The predicted octanol–water partition coefficient (Wildman–Crippen LogP) is 3.09. The second-order valence-corrected chi connectivity index (χ2v) is 6.93. The highest BCUT2D eigenvalue weighted by atomic mass is 35.5. The van der Waals surface area contributed by atoms with Gasteiger partial charge in [-0.1, -0.05) is 24.6 Å². The van der Waals surface area contributed by atoms with Gasteiger partial charge in [0, 0.05) is 36.9 Å². The fraction of sp³-hybridized carbons (Fsp3) is 0.300. The maximum absolute atomic E-state index is 12.3. The molecule has 2 N–H and O–H groups in total. The largest absolute Gasteiger partial charge is 0.472 e. The van der Waals surface area contributed by atoms with Gasteiger partial charge in [-0.2, -0.15) is 0 Å². The summed E-state index contributed by atoms with van der Waals surface area (Å²) in [7, 11) is 0. The lowest BCUT2D eigenvalue weighted by Gasteiger charge is -2.21. The summed E-state index contributed by atoms with van der Waals surface area (Å²) in [6.07, 6.45) is 0.732. The van der Waals surface area contributed by atoms with Crippen LogP contribution in [0, 0.1) is 0 Å². The quantitative estimate of drug-likeness (QED) is 0.674. The number of carbonyl (C=O) groups is 1. The molecule has 0 saturated heterocycles. The van der Waals surface area contributed by atoms with Crippen LogP contribution in [-0.2, 0) is 16.1 Å². The van der Waals surface area contributed by atoms with Crippen LogP contribution in [-0.4, -0.2) is 41.5 Å². The monoisotopic (exact) mass is 451 g/mol. The topological polar surface area (TPSA) is 99.7 Å². The number of nitrogens with one attached hydrogen (secondary N) is 2. The van der Waals surface area contributed by atoms with Crippen molar-refractivity contribution in [2.75, 3.05) is 18.2 Å². The van der Waals surface area contributed by atoms with Crippen LogP contribution in [0.25, 0.3) is 11.4 Å². The molecular formula is C20H20ClF2N5O3. The summed E-state index contributed by atoms with van der Waals surface area (Å²) in [5.41, 5.74) is 0.879. The number of hydrogen-bond acceptors (Lipinski definition) is 6. The van der Waals surface area contributed by atoms with Crippen LogP contribution in [0.3, 0.4) is 0 Å². The van der Waals surface area contributed by atoms with Crippen molar-refractivity contribution >= 4 is 29.2 Å². The minimum absolute atomic E-state index is 0.0434. The number of rotatable bonds is 7. The summed E-state index contributed by atoms with van der Waals surface area (Å²) >= 11 is 6.31. The summed E-state index contributed by atoms with van der Waals surface area (Å²) in [5.74, 6) is 0.534. The van der Waals surface area contributed by atoms with Crippen LogP contribution in [0.4, 0.5) is 14.6 Å². The molecule has 164 valence electrons. The van der Waals surface area contributed by atoms with E-state index < -0.39 is 18.6 Å². The molecule has 0 saturated carbocycles. The molecule has 0 bridgehead atoms. The van der Waals surface area contributed by atoms with E-state index in [0.29, 0.717) is 29.4 Å². The Morgan fingerprint density at radius 1 is 1.39 bits per heavy atom. The molecule has 0 radical (unpaired) electrons. The zero-order valence-corrected chi connectivity index (χ0v) is 17.3. The van der Waals surface area contributed by atoms with Gasteiger partial charge in [0.1, 0.15) is 18.3 Å². The first-order valence-electron chi connectivity index (χ1n) is 9.42. The maximum atomic E-state index is 12.3. The number of amides is 1. The van der Waals surface area contributed by atoms with Gasteiger partial charge >= 0.3 is 0 Å². The highest BCUT2D eigenvalue weighted by molar-refractivity contribution is 6.33. The number of ether oxygens (including phenoxy) is 1. The van der Waals surface area contributed by atoms with E-state index >= 15 is 0 Å². The number of carbonyl (C=O) groups excluding carboxylic acids is 1. The predicted molar refractivity (Wildman–Crippen MR) is 113 cm³/mol. The highest BCUT2D eigenvalue weighted by Gasteiger charge is 2.15. The lowest BCUT2D eigenvalue weighted by Crippen LogP contribution is -2.25. The normalized spacial score (nSPS) is 13.3. The molecule has 0 atom stereocenters. The molecule has 11 heteroatoms. The van der Waals surface area contributed by atoms with E-state index in [1.807, 2.05) is 0 Å². The molecule has 31 heavy (non-hydrogen) atoms. The van der Waals surface area contributed by atoms with Gasteiger partial charge in [-0.25, -0.2) is 18.8 Å². The molecule has 0 spiro atoms. The number of hydrogen-bond donors (Lipinski definition) is 2. The Bertz CT molecular complexity index is 1070. The van der Waals surface area contributed by atoms with E-state index in [1.54, 1.807) is 30.0 Å². The molecule has 0 unspecified atom stereocenters. The third-order valence-electron chi connectivity index (χ3n) is 4.25. The number of H-pyrrole nitrogens is 1. The lowest BCUT2D eigenvalue weighted by atomic mass is 10.1. The van der Waals surface area contributed by atoms with Crippen LogP contribution in [0.15, 0.2) is 46.3 Å². The Balaban J connectivity index is 1.81. The number of nitrogens with zero attached hydrogens (tertiary/aromatic N) is 3. The Morgan fingerprint density at radius 3 is 2.87 bits per heavy atom. The van der Waals surface area contributed by atoms with Gasteiger partial charge in [-0.15, -0.1) is 0 Å². The van der Waals surface area contributed by atoms with Crippen molar-refractivity contribution in [2.24, 2.45) is 4.99 Å². The van der Waals surface area contributed by atoms with Crippen molar-refractivity contribution in [3.63, 3.8) is 0 Å². The van der Waals surface area contributed by atoms with Gasteiger partial charge in [0.05, 0.1) is 5.02 Å². The van der Waals surface area contributed by atoms with Gasteiger partial charge < -0.3 is 19.9 Å². The van der Waals surface area contributed by atoms with Crippen molar-refractivity contribution in [1.82, 2.24) is 15.3 Å². The van der Waals surface area contributed by atoms with Crippen LogP contribution in [0.1, 0.15) is 18.9 Å². The number of alkyl halides is 2. The molecule has 0 aliphatic carbocycles. The van der Waals surface area contributed by atoms with Gasteiger partial charge in [0.15, 0.2) is 6.61 Å². The summed E-state index contributed by atoms with van der Waals surface area (Å²) < 4.78 is 29.4. The lowest BCUT2D eigenvalue weighted by molar-refractivity contribution is -0.120.